The molecule has 1 aromatic rings. The van der Waals surface area contributed by atoms with Gasteiger partial charge in [0.2, 0.25) is 8.32 Å². The summed E-state index contributed by atoms with van der Waals surface area (Å²) >= 11 is 0. The lowest BCUT2D eigenvalue weighted by molar-refractivity contribution is 0.0696. The SMILES string of the molecule is Cc1ccc(C(=O)O)cc1O[Si](C)(C)C(C)(C)C. The molecule has 18 heavy (non-hydrogen) atoms. The number of aromatic carboxylic acids is 1. The minimum Gasteiger partial charge on any atom is -0.543 e. The summed E-state index contributed by atoms with van der Waals surface area (Å²) in [6, 6.07) is 5.03. The lowest BCUT2D eigenvalue weighted by atomic mass is 10.1. The highest BCUT2D eigenvalue weighted by Crippen LogP contribution is 2.38. The van der Waals surface area contributed by atoms with Gasteiger partial charge in [0, 0.05) is 0 Å². The number of hydrogen-bond acceptors (Lipinski definition) is 2. The van der Waals surface area contributed by atoms with Gasteiger partial charge in [-0.15, -0.1) is 0 Å². The molecule has 0 saturated heterocycles. The number of aryl methyl sites for hydroxylation is 1. The van der Waals surface area contributed by atoms with E-state index in [1.165, 1.54) is 0 Å². The van der Waals surface area contributed by atoms with E-state index in [1.54, 1.807) is 18.2 Å². The predicted octanol–water partition coefficient (Wildman–Crippen LogP) is 4.08. The highest BCUT2D eigenvalue weighted by molar-refractivity contribution is 6.74. The lowest BCUT2D eigenvalue weighted by Crippen LogP contribution is -2.44. The standard InChI is InChI=1S/C14H22O3Si/c1-10-7-8-11(13(15)16)9-12(10)17-18(5,6)14(2,3)4/h7-9H,1-6H3,(H,15,16). The fourth-order valence-electron chi connectivity index (χ4n) is 1.27. The zero-order chi connectivity index (χ0) is 14.1. The third kappa shape index (κ3) is 3.13. The molecule has 4 heteroatoms. The van der Waals surface area contributed by atoms with Gasteiger partial charge in [-0.05, 0) is 42.8 Å². The molecule has 0 radical (unpaired) electrons. The van der Waals surface area contributed by atoms with Crippen LogP contribution in [-0.2, 0) is 0 Å². The zero-order valence-corrected chi connectivity index (χ0v) is 13.0. The van der Waals surface area contributed by atoms with Gasteiger partial charge in [-0.2, -0.15) is 0 Å². The lowest BCUT2D eigenvalue weighted by Gasteiger charge is -2.37. The molecule has 1 N–H and O–H groups in total. The summed E-state index contributed by atoms with van der Waals surface area (Å²) in [5.41, 5.74) is 1.25. The van der Waals surface area contributed by atoms with Crippen molar-refractivity contribution in [2.45, 2.75) is 45.8 Å². The quantitative estimate of drug-likeness (QED) is 0.839. The smallest absolute Gasteiger partial charge is 0.335 e. The molecule has 0 aliphatic carbocycles. The van der Waals surface area contributed by atoms with Crippen molar-refractivity contribution in [3.05, 3.63) is 29.3 Å². The molecule has 0 fully saturated rings. The largest absolute Gasteiger partial charge is 0.543 e. The Morgan fingerprint density at radius 3 is 2.28 bits per heavy atom. The highest BCUT2D eigenvalue weighted by Gasteiger charge is 2.39. The van der Waals surface area contributed by atoms with Gasteiger partial charge in [0.15, 0.2) is 0 Å². The molecule has 0 spiro atoms. The van der Waals surface area contributed by atoms with Crippen molar-refractivity contribution in [2.75, 3.05) is 0 Å². The predicted molar refractivity (Wildman–Crippen MR) is 76.0 cm³/mol. The Bertz CT molecular complexity index is 459. The molecule has 0 aromatic heterocycles. The second-order valence-corrected chi connectivity index (χ2v) is 10.9. The van der Waals surface area contributed by atoms with Crippen LogP contribution in [0.5, 0.6) is 5.75 Å². The van der Waals surface area contributed by atoms with E-state index in [9.17, 15) is 4.79 Å². The van der Waals surface area contributed by atoms with Crippen molar-refractivity contribution in [1.82, 2.24) is 0 Å². The van der Waals surface area contributed by atoms with Gasteiger partial charge < -0.3 is 9.53 Å². The molecule has 0 bridgehead atoms. The van der Waals surface area contributed by atoms with Crippen LogP contribution in [0.4, 0.5) is 0 Å². The average molecular weight is 266 g/mol. The van der Waals surface area contributed by atoms with Crippen molar-refractivity contribution >= 4 is 14.3 Å². The monoisotopic (exact) mass is 266 g/mol. The van der Waals surface area contributed by atoms with E-state index in [0.717, 1.165) is 5.56 Å². The fraction of sp³-hybridized carbons (Fsp3) is 0.500. The van der Waals surface area contributed by atoms with Crippen LogP contribution in [0.15, 0.2) is 18.2 Å². The van der Waals surface area contributed by atoms with E-state index in [2.05, 4.69) is 33.9 Å². The van der Waals surface area contributed by atoms with Crippen molar-refractivity contribution in [3.63, 3.8) is 0 Å². The van der Waals surface area contributed by atoms with Crippen molar-refractivity contribution in [3.8, 4) is 5.75 Å². The first-order valence-electron chi connectivity index (χ1n) is 6.07. The minimum atomic E-state index is -1.93. The van der Waals surface area contributed by atoms with Gasteiger partial charge in [0.25, 0.3) is 0 Å². The normalized spacial score (nSPS) is 12.3. The van der Waals surface area contributed by atoms with E-state index in [4.69, 9.17) is 9.53 Å². The Balaban J connectivity index is 3.11. The minimum absolute atomic E-state index is 0.0959. The Labute approximate surface area is 110 Å². The van der Waals surface area contributed by atoms with E-state index >= 15 is 0 Å². The number of rotatable bonds is 3. The van der Waals surface area contributed by atoms with Crippen molar-refractivity contribution in [2.24, 2.45) is 0 Å². The van der Waals surface area contributed by atoms with Crippen LogP contribution in [0, 0.1) is 6.92 Å². The van der Waals surface area contributed by atoms with Gasteiger partial charge in [0.05, 0.1) is 5.56 Å². The number of carboxylic acids is 1. The number of hydrogen-bond donors (Lipinski definition) is 1. The fourth-order valence-corrected chi connectivity index (χ4v) is 2.35. The maximum Gasteiger partial charge on any atom is 0.335 e. The molecule has 0 aliphatic heterocycles. The van der Waals surface area contributed by atoms with Crippen LogP contribution in [-0.4, -0.2) is 19.4 Å². The summed E-state index contributed by atoms with van der Waals surface area (Å²) in [6.45, 7) is 12.7. The third-order valence-electron chi connectivity index (χ3n) is 3.61. The second-order valence-electron chi connectivity index (χ2n) is 6.15. The molecule has 0 aliphatic rings. The van der Waals surface area contributed by atoms with Crippen LogP contribution < -0.4 is 4.43 Å². The molecule has 3 nitrogen and oxygen atoms in total. The molecule has 1 aromatic carbocycles. The summed E-state index contributed by atoms with van der Waals surface area (Å²) < 4.78 is 6.16. The maximum atomic E-state index is 11.0. The van der Waals surface area contributed by atoms with Crippen LogP contribution in [0.1, 0.15) is 36.7 Å². The molecule has 0 unspecified atom stereocenters. The highest BCUT2D eigenvalue weighted by atomic mass is 28.4. The van der Waals surface area contributed by atoms with Crippen LogP contribution in [0.25, 0.3) is 0 Å². The number of benzene rings is 1. The first kappa shape index (κ1) is 14.8. The Kier molecular flexibility index (Phi) is 3.91. The molecule has 0 amide bonds. The summed E-state index contributed by atoms with van der Waals surface area (Å²) in [7, 11) is -1.93. The molecular formula is C14H22O3Si. The first-order valence-corrected chi connectivity index (χ1v) is 8.98. The topological polar surface area (TPSA) is 46.5 Å². The Morgan fingerprint density at radius 1 is 1.28 bits per heavy atom. The van der Waals surface area contributed by atoms with Gasteiger partial charge in [-0.1, -0.05) is 26.8 Å². The Hall–Kier alpha value is -1.29. The van der Waals surface area contributed by atoms with Gasteiger partial charge in [-0.3, -0.25) is 0 Å². The Morgan fingerprint density at radius 2 is 1.83 bits per heavy atom. The van der Waals surface area contributed by atoms with E-state index < -0.39 is 14.3 Å². The third-order valence-corrected chi connectivity index (χ3v) is 7.95. The summed E-state index contributed by atoms with van der Waals surface area (Å²) in [6.07, 6.45) is 0. The summed E-state index contributed by atoms with van der Waals surface area (Å²) in [5, 5.41) is 9.11. The molecule has 0 atom stereocenters. The van der Waals surface area contributed by atoms with Crippen LogP contribution in [0.3, 0.4) is 0 Å². The average Bonchev–Trinajstić information content (AvgIpc) is 2.18. The molecule has 0 saturated carbocycles. The van der Waals surface area contributed by atoms with Crippen LogP contribution >= 0.6 is 0 Å². The van der Waals surface area contributed by atoms with Crippen LogP contribution in [0.2, 0.25) is 18.1 Å². The van der Waals surface area contributed by atoms with E-state index in [1.807, 2.05) is 6.92 Å². The number of carbonyl (C=O) groups is 1. The van der Waals surface area contributed by atoms with Crippen molar-refractivity contribution < 1.29 is 14.3 Å². The second kappa shape index (κ2) is 4.76. The zero-order valence-electron chi connectivity index (χ0n) is 12.0. The maximum absolute atomic E-state index is 11.0. The molecule has 0 heterocycles. The van der Waals surface area contributed by atoms with Gasteiger partial charge >= 0.3 is 5.97 Å². The van der Waals surface area contributed by atoms with Gasteiger partial charge in [-0.25, -0.2) is 4.79 Å². The summed E-state index contributed by atoms with van der Waals surface area (Å²) in [4.78, 5) is 11.0. The van der Waals surface area contributed by atoms with Gasteiger partial charge in [0.1, 0.15) is 5.75 Å². The first-order chi connectivity index (χ1) is 8.04. The number of carboxylic acid groups (broad SMARTS) is 1. The van der Waals surface area contributed by atoms with E-state index in [0.29, 0.717) is 5.75 Å². The van der Waals surface area contributed by atoms with Crippen molar-refractivity contribution in [1.29, 1.82) is 0 Å². The molecular weight excluding hydrogens is 244 g/mol. The van der Waals surface area contributed by atoms with E-state index in [-0.39, 0.29) is 10.6 Å². The molecule has 100 valence electrons. The summed E-state index contributed by atoms with van der Waals surface area (Å²) in [5.74, 6) is -0.225. The molecule has 1 rings (SSSR count).